The van der Waals surface area contributed by atoms with Gasteiger partial charge in [0.1, 0.15) is 0 Å². The molecule has 3 rings (SSSR count). The number of nitrogens with zero attached hydrogens (tertiary/aromatic N) is 1. The van der Waals surface area contributed by atoms with Gasteiger partial charge in [0.15, 0.2) is 0 Å². The zero-order valence-corrected chi connectivity index (χ0v) is 14.9. The van der Waals surface area contributed by atoms with E-state index in [1.165, 1.54) is 11.8 Å². The third-order valence-electron chi connectivity index (χ3n) is 3.52. The van der Waals surface area contributed by atoms with Crippen LogP contribution in [0.2, 0.25) is 10.0 Å². The van der Waals surface area contributed by atoms with Crippen molar-refractivity contribution in [3.05, 3.63) is 52.5 Å². The van der Waals surface area contributed by atoms with Crippen molar-refractivity contribution in [2.24, 2.45) is 0 Å². The van der Waals surface area contributed by atoms with Crippen LogP contribution in [0.5, 0.6) is 0 Å². The molecule has 0 atom stereocenters. The van der Waals surface area contributed by atoms with E-state index in [0.717, 1.165) is 10.6 Å². The molecule has 0 unspecified atom stereocenters. The summed E-state index contributed by atoms with van der Waals surface area (Å²) < 4.78 is 0. The molecule has 0 aromatic heterocycles. The second-order valence-electron chi connectivity index (χ2n) is 5.26. The first-order chi connectivity index (χ1) is 11.5. The predicted octanol–water partition coefficient (Wildman–Crippen LogP) is 4.46. The molecule has 0 fully saturated rings. The van der Waals surface area contributed by atoms with Gasteiger partial charge in [0, 0.05) is 33.6 Å². The van der Waals surface area contributed by atoms with Gasteiger partial charge >= 0.3 is 0 Å². The molecule has 0 saturated carbocycles. The molecule has 124 valence electrons. The quantitative estimate of drug-likeness (QED) is 0.851. The van der Waals surface area contributed by atoms with E-state index in [2.05, 4.69) is 5.32 Å². The number of hydrogen-bond acceptors (Lipinski definition) is 3. The van der Waals surface area contributed by atoms with E-state index in [0.29, 0.717) is 28.0 Å². The summed E-state index contributed by atoms with van der Waals surface area (Å²) in [6.45, 7) is 0.330. The van der Waals surface area contributed by atoms with Gasteiger partial charge in [0.25, 0.3) is 0 Å². The first-order valence-corrected chi connectivity index (χ1v) is 9.05. The minimum absolute atomic E-state index is 0.0114. The summed E-state index contributed by atoms with van der Waals surface area (Å²) in [6, 6.07) is 12.6. The van der Waals surface area contributed by atoms with Crippen LogP contribution in [0.1, 0.15) is 6.42 Å². The standard InChI is InChI=1S/C17H14Cl2N2O2S/c18-11-7-12(19)9-13(8-11)20-16(22)5-6-21-14-3-1-2-4-15(14)24-10-17(21)23/h1-4,7-9H,5-6,10H2,(H,20,22). The SMILES string of the molecule is O=C(CCN1C(=O)CSc2ccccc21)Nc1cc(Cl)cc(Cl)c1. The number of fused-ring (bicyclic) bond motifs is 1. The Morgan fingerprint density at radius 2 is 1.88 bits per heavy atom. The Balaban J connectivity index is 1.65. The number of carbonyl (C=O) groups is 2. The predicted molar refractivity (Wildman–Crippen MR) is 99.2 cm³/mol. The fraction of sp³-hybridized carbons (Fsp3) is 0.176. The second kappa shape index (κ2) is 7.47. The molecule has 2 amide bonds. The molecule has 2 aromatic carbocycles. The third kappa shape index (κ3) is 4.04. The van der Waals surface area contributed by atoms with Crippen molar-refractivity contribution in [2.75, 3.05) is 22.5 Å². The van der Waals surface area contributed by atoms with E-state index in [1.807, 2.05) is 24.3 Å². The Labute approximate surface area is 154 Å². The molecule has 0 spiro atoms. The molecule has 7 heteroatoms. The van der Waals surface area contributed by atoms with Crippen LogP contribution < -0.4 is 10.2 Å². The summed E-state index contributed by atoms with van der Waals surface area (Å²) in [5.74, 6) is 0.205. The summed E-state index contributed by atoms with van der Waals surface area (Å²) in [7, 11) is 0. The van der Waals surface area contributed by atoms with Gasteiger partial charge in [-0.15, -0.1) is 11.8 Å². The molecular formula is C17H14Cl2N2O2S. The summed E-state index contributed by atoms with van der Waals surface area (Å²) in [5, 5.41) is 3.66. The van der Waals surface area contributed by atoms with Crippen molar-refractivity contribution in [1.82, 2.24) is 0 Å². The van der Waals surface area contributed by atoms with Crippen molar-refractivity contribution >= 4 is 58.2 Å². The highest BCUT2D eigenvalue weighted by molar-refractivity contribution is 8.00. The molecule has 0 saturated heterocycles. The number of halogens is 2. The zero-order valence-electron chi connectivity index (χ0n) is 12.6. The van der Waals surface area contributed by atoms with Gasteiger partial charge in [-0.25, -0.2) is 0 Å². The van der Waals surface area contributed by atoms with Gasteiger partial charge in [0.05, 0.1) is 11.4 Å². The maximum atomic E-state index is 12.2. The number of para-hydroxylation sites is 1. The second-order valence-corrected chi connectivity index (χ2v) is 7.15. The van der Waals surface area contributed by atoms with Gasteiger partial charge in [-0.1, -0.05) is 35.3 Å². The van der Waals surface area contributed by atoms with E-state index < -0.39 is 0 Å². The van der Waals surface area contributed by atoms with Crippen molar-refractivity contribution in [3.63, 3.8) is 0 Å². The average Bonchev–Trinajstić information content (AvgIpc) is 2.53. The maximum Gasteiger partial charge on any atom is 0.237 e. The summed E-state index contributed by atoms with van der Waals surface area (Å²) >= 11 is 13.4. The highest BCUT2D eigenvalue weighted by atomic mass is 35.5. The van der Waals surface area contributed by atoms with Gasteiger partial charge < -0.3 is 10.2 Å². The maximum absolute atomic E-state index is 12.2. The Hall–Kier alpha value is -1.69. The van der Waals surface area contributed by atoms with Crippen LogP contribution >= 0.6 is 35.0 Å². The molecule has 0 aliphatic carbocycles. The molecular weight excluding hydrogens is 367 g/mol. The Morgan fingerprint density at radius 3 is 2.62 bits per heavy atom. The van der Waals surface area contributed by atoms with Gasteiger partial charge in [-0.05, 0) is 30.3 Å². The number of carbonyl (C=O) groups excluding carboxylic acids is 2. The monoisotopic (exact) mass is 380 g/mol. The van der Waals surface area contributed by atoms with Crippen molar-refractivity contribution in [3.8, 4) is 0 Å². The van der Waals surface area contributed by atoms with Crippen LogP contribution in [0.4, 0.5) is 11.4 Å². The third-order valence-corrected chi connectivity index (χ3v) is 5.00. The molecule has 0 radical (unpaired) electrons. The molecule has 1 N–H and O–H groups in total. The van der Waals surface area contributed by atoms with Gasteiger partial charge in [-0.2, -0.15) is 0 Å². The van der Waals surface area contributed by atoms with Crippen LogP contribution in [0.3, 0.4) is 0 Å². The van der Waals surface area contributed by atoms with Crippen LogP contribution in [-0.2, 0) is 9.59 Å². The van der Waals surface area contributed by atoms with Crippen LogP contribution in [0.25, 0.3) is 0 Å². The number of anilines is 2. The fourth-order valence-electron chi connectivity index (χ4n) is 2.46. The fourth-order valence-corrected chi connectivity index (χ4v) is 3.92. The van der Waals surface area contributed by atoms with Crippen molar-refractivity contribution < 1.29 is 9.59 Å². The van der Waals surface area contributed by atoms with Crippen molar-refractivity contribution in [1.29, 1.82) is 0 Å². The number of thioether (sulfide) groups is 1. The minimum atomic E-state index is -0.197. The Kier molecular flexibility index (Phi) is 5.33. The number of nitrogens with one attached hydrogen (secondary N) is 1. The molecule has 0 bridgehead atoms. The average molecular weight is 381 g/mol. The van der Waals surface area contributed by atoms with Crippen molar-refractivity contribution in [2.45, 2.75) is 11.3 Å². The largest absolute Gasteiger partial charge is 0.326 e. The van der Waals surface area contributed by atoms with Crippen LogP contribution in [-0.4, -0.2) is 24.1 Å². The Morgan fingerprint density at radius 1 is 1.17 bits per heavy atom. The lowest BCUT2D eigenvalue weighted by Gasteiger charge is -2.28. The highest BCUT2D eigenvalue weighted by Crippen LogP contribution is 2.34. The minimum Gasteiger partial charge on any atom is -0.326 e. The first-order valence-electron chi connectivity index (χ1n) is 7.31. The molecule has 1 aliphatic heterocycles. The normalized spacial score (nSPS) is 13.6. The van der Waals surface area contributed by atoms with Crippen LogP contribution in [0, 0.1) is 0 Å². The van der Waals surface area contributed by atoms with Crippen LogP contribution in [0.15, 0.2) is 47.4 Å². The summed E-state index contributed by atoms with van der Waals surface area (Å²) in [5.41, 5.74) is 1.40. The lowest BCUT2D eigenvalue weighted by Crippen LogP contribution is -2.37. The highest BCUT2D eigenvalue weighted by Gasteiger charge is 2.24. The van der Waals surface area contributed by atoms with Gasteiger partial charge in [0.2, 0.25) is 11.8 Å². The Bertz CT molecular complexity index is 778. The number of hydrogen-bond donors (Lipinski definition) is 1. The number of rotatable bonds is 4. The lowest BCUT2D eigenvalue weighted by atomic mass is 10.2. The van der Waals surface area contributed by atoms with E-state index in [-0.39, 0.29) is 18.2 Å². The smallest absolute Gasteiger partial charge is 0.237 e. The summed E-state index contributed by atoms with van der Waals surface area (Å²) in [4.78, 5) is 27.0. The van der Waals surface area contributed by atoms with E-state index in [9.17, 15) is 9.59 Å². The molecule has 1 aliphatic rings. The lowest BCUT2D eigenvalue weighted by molar-refractivity contribution is -0.117. The molecule has 24 heavy (non-hydrogen) atoms. The summed E-state index contributed by atoms with van der Waals surface area (Å²) in [6.07, 6.45) is 0.189. The zero-order chi connectivity index (χ0) is 17.1. The van der Waals surface area contributed by atoms with E-state index in [4.69, 9.17) is 23.2 Å². The van der Waals surface area contributed by atoms with E-state index in [1.54, 1.807) is 23.1 Å². The first kappa shape index (κ1) is 17.1. The van der Waals surface area contributed by atoms with Gasteiger partial charge in [-0.3, -0.25) is 9.59 Å². The number of benzene rings is 2. The topological polar surface area (TPSA) is 49.4 Å². The molecule has 2 aromatic rings. The van der Waals surface area contributed by atoms with E-state index >= 15 is 0 Å². The number of amides is 2. The molecule has 1 heterocycles. The molecule has 4 nitrogen and oxygen atoms in total.